The summed E-state index contributed by atoms with van der Waals surface area (Å²) in [6.45, 7) is 4.28. The van der Waals surface area contributed by atoms with Gasteiger partial charge in [0.1, 0.15) is 0 Å². The van der Waals surface area contributed by atoms with Gasteiger partial charge in [-0.15, -0.1) is 0 Å². The van der Waals surface area contributed by atoms with Crippen molar-refractivity contribution in [1.29, 1.82) is 0 Å². The molecule has 2 aromatic rings. The predicted molar refractivity (Wildman–Crippen MR) is 119 cm³/mol. The van der Waals surface area contributed by atoms with Gasteiger partial charge in [-0.25, -0.2) is 0 Å². The normalized spacial score (nSPS) is 15.8. The Morgan fingerprint density at radius 1 is 1.35 bits per heavy atom. The molecule has 1 N–H and O–H groups in total. The Morgan fingerprint density at radius 3 is 2.81 bits per heavy atom. The molecule has 3 rings (SSSR count). The van der Waals surface area contributed by atoms with Crippen LogP contribution in [-0.2, 0) is 4.79 Å². The summed E-state index contributed by atoms with van der Waals surface area (Å²) in [7, 11) is 0. The van der Waals surface area contributed by atoms with E-state index in [-0.39, 0.29) is 11.7 Å². The number of nitrogens with zero attached hydrogens (tertiary/aromatic N) is 1. The molecular weight excluding hydrogens is 481 g/mol. The second kappa shape index (κ2) is 7.98. The first-order valence-corrected chi connectivity index (χ1v) is 10.2. The minimum atomic E-state index is -0.147. The van der Waals surface area contributed by atoms with Crippen LogP contribution in [-0.4, -0.2) is 21.9 Å². The van der Waals surface area contributed by atoms with E-state index in [1.54, 1.807) is 23.1 Å². The van der Waals surface area contributed by atoms with Gasteiger partial charge in [0.15, 0.2) is 15.8 Å². The number of thiocarbonyl (C=S) groups is 1. The second-order valence-corrected chi connectivity index (χ2v) is 8.48. The minimum Gasteiger partial charge on any atom is -0.504 e. The number of aryl methyl sites for hydroxylation is 1. The third kappa shape index (κ3) is 3.89. The van der Waals surface area contributed by atoms with Crippen molar-refractivity contribution in [2.75, 3.05) is 11.5 Å². The van der Waals surface area contributed by atoms with Crippen molar-refractivity contribution in [3.63, 3.8) is 0 Å². The van der Waals surface area contributed by atoms with Crippen molar-refractivity contribution in [3.05, 3.63) is 56.0 Å². The number of rotatable bonds is 4. The maximum absolute atomic E-state index is 12.9. The van der Waals surface area contributed by atoms with Gasteiger partial charge in [0.2, 0.25) is 0 Å². The summed E-state index contributed by atoms with van der Waals surface area (Å²) in [5.74, 6) is 0.364. The number of ether oxygens (including phenoxy) is 1. The molecule has 7 heteroatoms. The van der Waals surface area contributed by atoms with Gasteiger partial charge in [-0.2, -0.15) is 0 Å². The summed E-state index contributed by atoms with van der Waals surface area (Å²) >= 11 is 8.72. The molecule has 0 unspecified atom stereocenters. The van der Waals surface area contributed by atoms with E-state index in [9.17, 15) is 9.90 Å². The molecule has 4 nitrogen and oxygen atoms in total. The largest absolute Gasteiger partial charge is 0.504 e. The molecule has 1 aliphatic rings. The number of hydrogen-bond acceptors (Lipinski definition) is 5. The molecule has 0 atom stereocenters. The summed E-state index contributed by atoms with van der Waals surface area (Å²) < 4.78 is 6.63. The number of carbonyl (C=O) groups excluding carboxylic acids is 1. The topological polar surface area (TPSA) is 49.8 Å². The van der Waals surface area contributed by atoms with Gasteiger partial charge in [-0.3, -0.25) is 9.69 Å². The molecule has 0 radical (unpaired) electrons. The number of carbonyl (C=O) groups is 1. The van der Waals surface area contributed by atoms with Gasteiger partial charge in [0.05, 0.1) is 20.8 Å². The average Bonchev–Trinajstić information content (AvgIpc) is 2.86. The molecule has 0 spiro atoms. The number of halogens is 1. The maximum atomic E-state index is 12.9. The Morgan fingerprint density at radius 2 is 2.12 bits per heavy atom. The van der Waals surface area contributed by atoms with Gasteiger partial charge < -0.3 is 9.84 Å². The van der Waals surface area contributed by atoms with Crippen molar-refractivity contribution in [3.8, 4) is 11.5 Å². The van der Waals surface area contributed by atoms with Crippen LogP contribution in [0, 0.1) is 10.5 Å². The monoisotopic (exact) mass is 497 g/mol. The van der Waals surface area contributed by atoms with Crippen molar-refractivity contribution < 1.29 is 14.6 Å². The fourth-order valence-corrected chi connectivity index (χ4v) is 4.48. The minimum absolute atomic E-state index is 0.108. The molecule has 0 bridgehead atoms. The van der Waals surface area contributed by atoms with Crippen LogP contribution in [0.4, 0.5) is 5.69 Å². The van der Waals surface area contributed by atoms with E-state index in [1.165, 1.54) is 11.8 Å². The molecule has 134 valence electrons. The van der Waals surface area contributed by atoms with E-state index in [2.05, 4.69) is 0 Å². The molecule has 1 heterocycles. The average molecular weight is 497 g/mol. The lowest BCUT2D eigenvalue weighted by Gasteiger charge is -2.14. The maximum Gasteiger partial charge on any atom is 0.270 e. The van der Waals surface area contributed by atoms with Gasteiger partial charge in [0.25, 0.3) is 5.91 Å². The molecule has 2 aromatic carbocycles. The molecule has 26 heavy (non-hydrogen) atoms. The van der Waals surface area contributed by atoms with E-state index in [4.69, 9.17) is 17.0 Å². The number of anilines is 1. The van der Waals surface area contributed by atoms with E-state index < -0.39 is 0 Å². The van der Waals surface area contributed by atoms with E-state index in [0.29, 0.717) is 25.2 Å². The first-order chi connectivity index (χ1) is 12.4. The summed E-state index contributed by atoms with van der Waals surface area (Å²) in [6.07, 6.45) is 1.78. The first kappa shape index (κ1) is 19.2. The predicted octanol–water partition coefficient (Wildman–Crippen LogP) is 5.11. The number of thioether (sulfide) groups is 1. The van der Waals surface area contributed by atoms with Crippen molar-refractivity contribution in [2.24, 2.45) is 0 Å². The highest BCUT2D eigenvalue weighted by Gasteiger charge is 2.33. The summed E-state index contributed by atoms with van der Waals surface area (Å²) in [5, 5.41) is 10.1. The van der Waals surface area contributed by atoms with Crippen LogP contribution in [0.25, 0.3) is 6.08 Å². The zero-order valence-corrected chi connectivity index (χ0v) is 17.9. The zero-order valence-electron chi connectivity index (χ0n) is 14.2. The van der Waals surface area contributed by atoms with Crippen LogP contribution in [0.2, 0.25) is 0 Å². The molecule has 1 amide bonds. The van der Waals surface area contributed by atoms with Crippen LogP contribution < -0.4 is 9.64 Å². The molecular formula is C19H16INO3S2. The number of hydrogen-bond donors (Lipinski definition) is 1. The molecule has 1 saturated heterocycles. The number of aromatic hydroxyl groups is 1. The van der Waals surface area contributed by atoms with Gasteiger partial charge in [-0.1, -0.05) is 36.1 Å². The number of benzene rings is 2. The summed E-state index contributed by atoms with van der Waals surface area (Å²) in [6, 6.07) is 11.2. The highest BCUT2D eigenvalue weighted by molar-refractivity contribution is 14.1. The lowest BCUT2D eigenvalue weighted by atomic mass is 10.1. The van der Waals surface area contributed by atoms with Crippen LogP contribution in [0.3, 0.4) is 0 Å². The molecule has 0 aromatic heterocycles. The second-order valence-electron chi connectivity index (χ2n) is 5.64. The van der Waals surface area contributed by atoms with Crippen LogP contribution >= 0.6 is 46.6 Å². The quantitative estimate of drug-likeness (QED) is 0.362. The van der Waals surface area contributed by atoms with Crippen molar-refractivity contribution in [2.45, 2.75) is 13.8 Å². The Balaban J connectivity index is 1.96. The highest BCUT2D eigenvalue weighted by atomic mass is 127. The Kier molecular flexibility index (Phi) is 5.89. The third-order valence-electron chi connectivity index (χ3n) is 3.70. The molecule has 0 aliphatic carbocycles. The first-order valence-electron chi connectivity index (χ1n) is 7.90. The number of phenols is 1. The lowest BCUT2D eigenvalue weighted by Crippen LogP contribution is -2.27. The SMILES string of the molecule is CCOc1cc(/C=C2\SC(=S)N(c3cccc(C)c3)C2=O)cc(I)c1O. The molecule has 1 aliphatic heterocycles. The van der Waals surface area contributed by atoms with E-state index in [1.807, 2.05) is 60.7 Å². The summed E-state index contributed by atoms with van der Waals surface area (Å²) in [4.78, 5) is 15.0. The van der Waals surface area contributed by atoms with Crippen molar-refractivity contribution >= 4 is 68.6 Å². The number of phenolic OH excluding ortho intramolecular Hbond substituents is 1. The Labute approximate surface area is 175 Å². The van der Waals surface area contributed by atoms with E-state index in [0.717, 1.165) is 16.8 Å². The Hall–Kier alpha value is -1.58. The summed E-state index contributed by atoms with van der Waals surface area (Å²) in [5.41, 5.74) is 2.61. The zero-order chi connectivity index (χ0) is 18.8. The lowest BCUT2D eigenvalue weighted by molar-refractivity contribution is -0.113. The van der Waals surface area contributed by atoms with Crippen LogP contribution in [0.1, 0.15) is 18.1 Å². The smallest absolute Gasteiger partial charge is 0.270 e. The van der Waals surface area contributed by atoms with Crippen molar-refractivity contribution in [1.82, 2.24) is 0 Å². The van der Waals surface area contributed by atoms with Gasteiger partial charge >= 0.3 is 0 Å². The van der Waals surface area contributed by atoms with Crippen LogP contribution in [0.5, 0.6) is 11.5 Å². The molecule has 1 fully saturated rings. The fraction of sp³-hybridized carbons (Fsp3) is 0.158. The van der Waals surface area contributed by atoms with Gasteiger partial charge in [0, 0.05) is 0 Å². The molecule has 0 saturated carbocycles. The Bertz CT molecular complexity index is 927. The van der Waals surface area contributed by atoms with Gasteiger partial charge in [-0.05, 0) is 77.9 Å². The highest BCUT2D eigenvalue weighted by Crippen LogP contribution is 2.38. The third-order valence-corrected chi connectivity index (χ3v) is 5.83. The number of amides is 1. The fourth-order valence-electron chi connectivity index (χ4n) is 2.55. The van der Waals surface area contributed by atoms with Crippen LogP contribution in [0.15, 0.2) is 41.3 Å². The standard InChI is InChI=1S/C19H16INO3S2/c1-3-24-15-9-12(8-14(20)17(15)22)10-16-18(23)21(19(25)26-16)13-6-4-5-11(2)7-13/h4-10,22H,3H2,1-2H3/b16-10-. The van der Waals surface area contributed by atoms with E-state index >= 15 is 0 Å².